The monoisotopic (exact) mass is 538 g/mol. The minimum Gasteiger partial charge on any atom is -0.481 e. The average molecular weight is 540 g/mol. The van der Waals surface area contributed by atoms with Crippen LogP contribution in [0.15, 0.2) is 33.6 Å². The molecular weight excluding hydrogens is 500 g/mol. The number of nitrogens with one attached hydrogen (secondary N) is 2. The maximum absolute atomic E-state index is 11.4. The molecule has 3 aliphatic rings. The normalized spacial score (nSPS) is 32.8. The molecule has 0 spiro atoms. The number of aldehydes is 1. The number of benzene rings is 1. The van der Waals surface area contributed by atoms with Crippen LogP contribution in [0.25, 0.3) is 0 Å². The minimum atomic E-state index is -0.605. The molecule has 1 aromatic rings. The van der Waals surface area contributed by atoms with Crippen molar-refractivity contribution in [2.24, 2.45) is 23.2 Å². The molecule has 0 heterocycles. The van der Waals surface area contributed by atoms with Gasteiger partial charge in [-0.2, -0.15) is 0 Å². The second-order valence-corrected chi connectivity index (χ2v) is 12.3. The van der Waals surface area contributed by atoms with E-state index in [-0.39, 0.29) is 5.54 Å². The molecule has 3 fully saturated rings. The van der Waals surface area contributed by atoms with Crippen LogP contribution < -0.4 is 10.0 Å². The van der Waals surface area contributed by atoms with E-state index in [1.54, 1.807) is 11.9 Å². The highest BCUT2D eigenvalue weighted by molar-refractivity contribution is 9.10. The van der Waals surface area contributed by atoms with Crippen LogP contribution in [-0.2, 0) is 9.59 Å². The molecule has 0 amide bonds. The molecule has 3 N–H and O–H groups in total. The molecule has 1 aromatic carbocycles. The first-order valence-corrected chi connectivity index (χ1v) is 13.9. The van der Waals surface area contributed by atoms with Crippen molar-refractivity contribution in [1.29, 1.82) is 0 Å². The molecule has 4 rings (SSSR count). The molecule has 2 bridgehead atoms. The van der Waals surface area contributed by atoms with Gasteiger partial charge in [0.15, 0.2) is 0 Å². The van der Waals surface area contributed by atoms with Crippen LogP contribution in [0.1, 0.15) is 71.6 Å². The summed E-state index contributed by atoms with van der Waals surface area (Å²) in [6, 6.07) is 8.56. The molecule has 5 atom stereocenters. The van der Waals surface area contributed by atoms with Crippen LogP contribution in [-0.4, -0.2) is 36.0 Å². The molecule has 5 nitrogen and oxygen atoms in total. The fourth-order valence-corrected chi connectivity index (χ4v) is 7.69. The number of hydrogen-bond donors (Lipinski definition) is 3. The molecule has 5 unspecified atom stereocenters. The van der Waals surface area contributed by atoms with Gasteiger partial charge in [0.2, 0.25) is 0 Å². The van der Waals surface area contributed by atoms with Crippen LogP contribution in [0.5, 0.6) is 0 Å². The van der Waals surface area contributed by atoms with Gasteiger partial charge in [0.05, 0.1) is 11.0 Å². The van der Waals surface area contributed by atoms with Crippen LogP contribution >= 0.6 is 27.9 Å². The Bertz CT molecular complexity index is 814. The Hall–Kier alpha value is -0.890. The molecule has 33 heavy (non-hydrogen) atoms. The predicted octanol–water partition coefficient (Wildman–Crippen LogP) is 6.07. The zero-order valence-electron chi connectivity index (χ0n) is 20.1. The first kappa shape index (κ1) is 26.7. The Balaban J connectivity index is 0.000000186. The number of rotatable bonds is 6. The first-order chi connectivity index (χ1) is 15.7. The van der Waals surface area contributed by atoms with E-state index in [1.807, 2.05) is 38.2 Å². The fraction of sp³-hybridized carbons (Fsp3) is 0.692. The summed E-state index contributed by atoms with van der Waals surface area (Å²) in [5.41, 5.74) is -0.805. The smallest absolute Gasteiger partial charge is 0.309 e. The third-order valence-corrected chi connectivity index (χ3v) is 9.97. The SMILES string of the molecule is CNC1C(C)CC2CC1CC(C)(C(=O)O)C2.O=CC1(NSc2ccccc2Br)CCCCC1. The maximum atomic E-state index is 11.4. The van der Waals surface area contributed by atoms with Crippen molar-refractivity contribution in [1.82, 2.24) is 10.0 Å². The largest absolute Gasteiger partial charge is 0.481 e. The van der Waals surface area contributed by atoms with Gasteiger partial charge in [0.25, 0.3) is 0 Å². The summed E-state index contributed by atoms with van der Waals surface area (Å²) in [6.07, 6.45) is 10.7. The van der Waals surface area contributed by atoms with Gasteiger partial charge in [-0.15, -0.1) is 0 Å². The zero-order chi connectivity index (χ0) is 24.1. The lowest BCUT2D eigenvalue weighted by Gasteiger charge is -2.49. The van der Waals surface area contributed by atoms with Gasteiger partial charge >= 0.3 is 5.97 Å². The van der Waals surface area contributed by atoms with E-state index in [1.165, 1.54) is 19.3 Å². The zero-order valence-corrected chi connectivity index (χ0v) is 22.5. The summed E-state index contributed by atoms with van der Waals surface area (Å²) in [5.74, 6) is 1.26. The summed E-state index contributed by atoms with van der Waals surface area (Å²) in [6.45, 7) is 4.22. The summed E-state index contributed by atoms with van der Waals surface area (Å²) >= 11 is 5.06. The Labute approximate surface area is 211 Å². The number of halogens is 1. The van der Waals surface area contributed by atoms with Crippen molar-refractivity contribution >= 4 is 40.1 Å². The van der Waals surface area contributed by atoms with Gasteiger partial charge in [-0.3, -0.25) is 4.79 Å². The van der Waals surface area contributed by atoms with E-state index in [4.69, 9.17) is 0 Å². The van der Waals surface area contributed by atoms with E-state index >= 15 is 0 Å². The molecule has 0 aliphatic heterocycles. The summed E-state index contributed by atoms with van der Waals surface area (Å²) < 4.78 is 4.42. The fourth-order valence-electron chi connectivity index (χ4n) is 6.29. The third kappa shape index (κ3) is 6.62. The van der Waals surface area contributed by atoms with Crippen molar-refractivity contribution in [2.75, 3.05) is 7.05 Å². The van der Waals surface area contributed by atoms with Crippen molar-refractivity contribution in [2.45, 2.75) is 88.1 Å². The molecule has 0 saturated heterocycles. The van der Waals surface area contributed by atoms with Crippen LogP contribution in [0.4, 0.5) is 0 Å². The molecule has 0 aromatic heterocycles. The number of hydrogen-bond acceptors (Lipinski definition) is 5. The van der Waals surface area contributed by atoms with E-state index in [0.717, 1.165) is 54.2 Å². The molecule has 7 heteroatoms. The first-order valence-electron chi connectivity index (χ1n) is 12.3. The lowest BCUT2D eigenvalue weighted by Crippen LogP contribution is -2.51. The lowest BCUT2D eigenvalue weighted by atomic mass is 9.58. The lowest BCUT2D eigenvalue weighted by molar-refractivity contribution is -0.154. The highest BCUT2D eigenvalue weighted by Gasteiger charge is 2.48. The Morgan fingerprint density at radius 1 is 1.18 bits per heavy atom. The van der Waals surface area contributed by atoms with Gasteiger partial charge in [0, 0.05) is 15.4 Å². The number of carboxylic acid groups (broad SMARTS) is 1. The molecule has 3 aliphatic carbocycles. The van der Waals surface area contributed by atoms with E-state index in [2.05, 4.69) is 32.9 Å². The molecule has 184 valence electrons. The van der Waals surface area contributed by atoms with Crippen molar-refractivity contribution in [3.63, 3.8) is 0 Å². The highest BCUT2D eigenvalue weighted by Crippen LogP contribution is 2.50. The third-order valence-electron chi connectivity index (χ3n) is 7.94. The molecule has 3 saturated carbocycles. The maximum Gasteiger partial charge on any atom is 0.309 e. The van der Waals surface area contributed by atoms with Crippen LogP contribution in [0.2, 0.25) is 0 Å². The molecule has 0 radical (unpaired) electrons. The van der Waals surface area contributed by atoms with Crippen molar-refractivity contribution < 1.29 is 14.7 Å². The van der Waals surface area contributed by atoms with Gasteiger partial charge < -0.3 is 15.2 Å². The van der Waals surface area contributed by atoms with E-state index in [9.17, 15) is 14.7 Å². The van der Waals surface area contributed by atoms with Gasteiger partial charge in [-0.25, -0.2) is 4.72 Å². The number of carboxylic acids is 1. The second kappa shape index (κ2) is 11.7. The topological polar surface area (TPSA) is 78.4 Å². The summed E-state index contributed by atoms with van der Waals surface area (Å²) in [7, 11) is 2.01. The Morgan fingerprint density at radius 2 is 1.88 bits per heavy atom. The van der Waals surface area contributed by atoms with Crippen molar-refractivity contribution in [3.8, 4) is 0 Å². The number of carbonyl (C=O) groups excluding carboxylic acids is 1. The average Bonchev–Trinajstić information content (AvgIpc) is 2.79. The van der Waals surface area contributed by atoms with Gasteiger partial charge in [0.1, 0.15) is 6.29 Å². The Morgan fingerprint density at radius 3 is 2.48 bits per heavy atom. The van der Waals surface area contributed by atoms with Crippen LogP contribution in [0, 0.1) is 23.2 Å². The second-order valence-electron chi connectivity index (χ2n) is 10.6. The predicted molar refractivity (Wildman–Crippen MR) is 138 cm³/mol. The Kier molecular flexibility index (Phi) is 9.47. The van der Waals surface area contributed by atoms with Crippen LogP contribution in [0.3, 0.4) is 0 Å². The van der Waals surface area contributed by atoms with Gasteiger partial charge in [-0.05, 0) is 110 Å². The summed E-state index contributed by atoms with van der Waals surface area (Å²) in [5, 5.41) is 12.8. The number of aliphatic carboxylic acids is 1. The number of fused-ring (bicyclic) bond motifs is 2. The molecular formula is C26H39BrN2O3S. The minimum absolute atomic E-state index is 0.321. The van der Waals surface area contributed by atoms with Gasteiger partial charge in [-0.1, -0.05) is 38.3 Å². The van der Waals surface area contributed by atoms with E-state index in [0.29, 0.717) is 23.8 Å². The van der Waals surface area contributed by atoms with Crippen molar-refractivity contribution in [3.05, 3.63) is 28.7 Å². The highest BCUT2D eigenvalue weighted by atomic mass is 79.9. The quantitative estimate of drug-likeness (QED) is 0.301. The summed E-state index contributed by atoms with van der Waals surface area (Å²) in [4.78, 5) is 23.8. The number of carbonyl (C=O) groups is 2. The van der Waals surface area contributed by atoms with E-state index < -0.39 is 11.4 Å². The standard InChI is InChI=1S/C13H16BrNOS.C13H23NO2/c14-11-6-2-3-7-12(11)17-15-13(10-16)8-4-1-5-9-13;1-8-4-9-5-10(11(8)14-3)7-13(2,6-9)12(15)16/h2-3,6-7,10,15H,1,4-5,8-9H2;8-11,14H,4-7H2,1-3H3,(H,15,16).